The molecule has 1 unspecified atom stereocenters. The number of halogens is 6. The van der Waals surface area contributed by atoms with Crippen LogP contribution >= 0.6 is 0 Å². The van der Waals surface area contributed by atoms with Crippen molar-refractivity contribution in [2.24, 2.45) is 0 Å². The molecular weight excluding hydrogens is 576 g/mol. The van der Waals surface area contributed by atoms with Crippen LogP contribution in [0.25, 0.3) is 11.1 Å². The van der Waals surface area contributed by atoms with Crippen molar-refractivity contribution in [2.45, 2.75) is 63.5 Å². The lowest BCUT2D eigenvalue weighted by atomic mass is 9.90. The minimum absolute atomic E-state index is 0.0713. The van der Waals surface area contributed by atoms with E-state index in [0.717, 1.165) is 36.3 Å². The molecule has 3 aromatic rings. The Balaban J connectivity index is 1.44. The fourth-order valence-corrected chi connectivity index (χ4v) is 5.18. The second-order valence-electron chi connectivity index (χ2n) is 10.9. The second kappa shape index (κ2) is 13.0. The van der Waals surface area contributed by atoms with Crippen molar-refractivity contribution in [1.29, 1.82) is 0 Å². The highest BCUT2D eigenvalue weighted by Gasteiger charge is 2.71. The largest absolute Gasteiger partial charge is 0.463 e. The van der Waals surface area contributed by atoms with Crippen molar-refractivity contribution in [3.63, 3.8) is 0 Å². The number of esters is 1. The number of hydrogen-bond acceptors (Lipinski definition) is 6. The van der Waals surface area contributed by atoms with Crippen LogP contribution in [-0.4, -0.2) is 70.0 Å². The van der Waals surface area contributed by atoms with Gasteiger partial charge in [-0.15, -0.1) is 0 Å². The Kier molecular flexibility index (Phi) is 9.83. The number of nitrogens with zero attached hydrogens (tertiary/aromatic N) is 3. The number of carbonyl (C=O) groups is 1. The van der Waals surface area contributed by atoms with Crippen LogP contribution in [0.5, 0.6) is 0 Å². The number of ether oxygens (including phenoxy) is 1. The third-order valence-electron chi connectivity index (χ3n) is 7.41. The van der Waals surface area contributed by atoms with Crippen LogP contribution in [0.3, 0.4) is 0 Å². The molecular formula is C31H33F6N3O3. The first-order valence-corrected chi connectivity index (χ1v) is 13.8. The van der Waals surface area contributed by atoms with Crippen LogP contribution < -0.4 is 0 Å². The van der Waals surface area contributed by atoms with Gasteiger partial charge in [-0.3, -0.25) is 19.6 Å². The van der Waals surface area contributed by atoms with E-state index in [9.17, 15) is 36.2 Å². The van der Waals surface area contributed by atoms with Crippen LogP contribution in [0.15, 0.2) is 73.1 Å². The molecule has 1 fully saturated rings. The fourth-order valence-electron chi connectivity index (χ4n) is 5.18. The van der Waals surface area contributed by atoms with Crippen LogP contribution in [0.2, 0.25) is 0 Å². The summed E-state index contributed by atoms with van der Waals surface area (Å²) in [7, 11) is 0. The van der Waals surface area contributed by atoms with Crippen LogP contribution in [0.1, 0.15) is 37.0 Å². The zero-order valence-corrected chi connectivity index (χ0v) is 23.7. The first-order chi connectivity index (χ1) is 20.2. The zero-order valence-electron chi connectivity index (χ0n) is 23.7. The first-order valence-electron chi connectivity index (χ1n) is 13.8. The van der Waals surface area contributed by atoms with E-state index >= 15 is 0 Å². The van der Waals surface area contributed by atoms with Crippen molar-refractivity contribution in [2.75, 3.05) is 19.6 Å². The molecule has 0 amide bonds. The highest BCUT2D eigenvalue weighted by atomic mass is 19.4. The van der Waals surface area contributed by atoms with Gasteiger partial charge in [0.15, 0.2) is 0 Å². The smallest absolute Gasteiger partial charge is 0.430 e. The number of carbonyl (C=O) groups excluding carboxylic acids is 1. The number of aliphatic hydroxyl groups is 1. The Morgan fingerprint density at radius 2 is 1.40 bits per heavy atom. The lowest BCUT2D eigenvalue weighted by molar-refractivity contribution is -0.376. The summed E-state index contributed by atoms with van der Waals surface area (Å²) in [5.74, 6) is -0.263. The number of piperazine rings is 1. The van der Waals surface area contributed by atoms with Crippen molar-refractivity contribution >= 4 is 5.97 Å². The molecule has 0 aliphatic carbocycles. The van der Waals surface area contributed by atoms with Crippen LogP contribution in [-0.2, 0) is 28.2 Å². The van der Waals surface area contributed by atoms with E-state index in [4.69, 9.17) is 4.74 Å². The lowest BCUT2D eigenvalue weighted by Gasteiger charge is -2.41. The van der Waals surface area contributed by atoms with E-state index in [-0.39, 0.29) is 24.5 Å². The monoisotopic (exact) mass is 609 g/mol. The fraction of sp³-hybridized carbons (Fsp3) is 0.419. The molecule has 232 valence electrons. The molecule has 1 saturated heterocycles. The van der Waals surface area contributed by atoms with Gasteiger partial charge < -0.3 is 9.84 Å². The van der Waals surface area contributed by atoms with Gasteiger partial charge in [0, 0.05) is 56.7 Å². The van der Waals surface area contributed by atoms with Crippen molar-refractivity contribution in [3.05, 3.63) is 89.7 Å². The van der Waals surface area contributed by atoms with Gasteiger partial charge in [-0.1, -0.05) is 48.5 Å². The van der Waals surface area contributed by atoms with E-state index in [1.165, 1.54) is 0 Å². The minimum atomic E-state index is -5.94. The summed E-state index contributed by atoms with van der Waals surface area (Å²) in [6, 6.07) is 14.5. The number of alkyl halides is 6. The minimum Gasteiger partial charge on any atom is -0.463 e. The zero-order chi connectivity index (χ0) is 31.4. The predicted molar refractivity (Wildman–Crippen MR) is 147 cm³/mol. The summed E-state index contributed by atoms with van der Waals surface area (Å²) < 4.78 is 84.6. The molecule has 1 aromatic heterocycles. The Hall–Kier alpha value is -3.48. The molecule has 2 aromatic carbocycles. The summed E-state index contributed by atoms with van der Waals surface area (Å²) in [6.45, 7) is 6.99. The van der Waals surface area contributed by atoms with Gasteiger partial charge in [-0.2, -0.15) is 26.3 Å². The SMILES string of the molecule is CC(C)OC(=O)CC1CN(Cc2ccc(-c3ccc(C(O)(C(F)(F)F)C(F)(F)F)cc3)cc2)CCN1Cc1ccncc1. The van der Waals surface area contributed by atoms with Crippen molar-refractivity contribution in [3.8, 4) is 11.1 Å². The number of rotatable bonds is 9. The molecule has 12 heteroatoms. The molecule has 1 atom stereocenters. The highest BCUT2D eigenvalue weighted by Crippen LogP contribution is 2.50. The van der Waals surface area contributed by atoms with Gasteiger partial charge in [-0.25, -0.2) is 0 Å². The van der Waals surface area contributed by atoms with Crippen LogP contribution in [0.4, 0.5) is 26.3 Å². The molecule has 2 heterocycles. The van der Waals surface area contributed by atoms with Gasteiger partial charge in [0.1, 0.15) is 0 Å². The van der Waals surface area contributed by atoms with E-state index < -0.39 is 23.5 Å². The number of aromatic nitrogens is 1. The summed E-state index contributed by atoms with van der Waals surface area (Å²) >= 11 is 0. The Morgan fingerprint density at radius 3 is 1.93 bits per heavy atom. The van der Waals surface area contributed by atoms with Gasteiger partial charge in [-0.05, 0) is 48.2 Å². The molecule has 4 rings (SSSR count). The van der Waals surface area contributed by atoms with Crippen molar-refractivity contribution < 1.29 is 41.0 Å². The second-order valence-corrected chi connectivity index (χ2v) is 10.9. The number of benzene rings is 2. The Bertz CT molecular complexity index is 1330. The predicted octanol–water partition coefficient (Wildman–Crippen LogP) is 6.09. The molecule has 1 N–H and O–H groups in total. The number of hydrogen-bond donors (Lipinski definition) is 1. The normalized spacial score (nSPS) is 17.3. The quantitative estimate of drug-likeness (QED) is 0.234. The summed E-state index contributed by atoms with van der Waals surface area (Å²) in [6.07, 6.45) is -8.38. The van der Waals surface area contributed by atoms with Gasteiger partial charge in [0.05, 0.1) is 12.5 Å². The molecule has 6 nitrogen and oxygen atoms in total. The Morgan fingerprint density at radius 1 is 0.860 bits per heavy atom. The molecule has 1 aliphatic heterocycles. The molecule has 0 bridgehead atoms. The van der Waals surface area contributed by atoms with E-state index in [2.05, 4.69) is 14.8 Å². The molecule has 0 radical (unpaired) electrons. The summed E-state index contributed by atoms with van der Waals surface area (Å²) in [4.78, 5) is 21.1. The van der Waals surface area contributed by atoms with E-state index in [1.54, 1.807) is 24.5 Å². The Labute approximate surface area is 245 Å². The summed E-state index contributed by atoms with van der Waals surface area (Å²) in [5.41, 5.74) is -3.23. The standard InChI is InChI=1S/C31H33F6N3O3/c1-21(2)43-28(41)17-27-20-39(15-16-40(27)19-23-11-13-38-14-12-23)18-22-3-5-24(6-4-22)25-7-9-26(10-8-25)29(42,30(32,33)34)31(35,36)37/h3-14,21,27,42H,15-20H2,1-2H3. The maximum Gasteiger partial charge on any atom is 0.430 e. The topological polar surface area (TPSA) is 65.9 Å². The molecule has 0 spiro atoms. The van der Waals surface area contributed by atoms with Crippen LogP contribution in [0, 0.1) is 0 Å². The van der Waals surface area contributed by atoms with Gasteiger partial charge in [0.25, 0.3) is 5.60 Å². The van der Waals surface area contributed by atoms with Crippen molar-refractivity contribution in [1.82, 2.24) is 14.8 Å². The third kappa shape index (κ3) is 7.73. The maximum absolute atomic E-state index is 13.2. The maximum atomic E-state index is 13.2. The van der Waals surface area contributed by atoms with E-state index in [0.29, 0.717) is 42.9 Å². The third-order valence-corrected chi connectivity index (χ3v) is 7.41. The number of pyridine rings is 1. The average Bonchev–Trinajstić information content (AvgIpc) is 2.93. The van der Waals surface area contributed by atoms with Gasteiger partial charge >= 0.3 is 18.3 Å². The van der Waals surface area contributed by atoms with E-state index in [1.807, 2.05) is 38.1 Å². The summed E-state index contributed by atoms with van der Waals surface area (Å²) in [5, 5.41) is 9.62. The lowest BCUT2D eigenvalue weighted by Crippen LogP contribution is -2.53. The first kappa shape index (κ1) is 32.4. The highest BCUT2D eigenvalue weighted by molar-refractivity contribution is 5.70. The average molecular weight is 610 g/mol. The molecule has 0 saturated carbocycles. The molecule has 43 heavy (non-hydrogen) atoms. The van der Waals surface area contributed by atoms with Gasteiger partial charge in [0.2, 0.25) is 0 Å². The molecule has 1 aliphatic rings.